The number of rotatable bonds is 7. The van der Waals surface area contributed by atoms with E-state index in [1.807, 2.05) is 13.8 Å². The zero-order chi connectivity index (χ0) is 25.1. The molecule has 0 radical (unpaired) electrons. The summed E-state index contributed by atoms with van der Waals surface area (Å²) in [7, 11) is 1.29. The molecule has 0 spiro atoms. The van der Waals surface area contributed by atoms with Gasteiger partial charge in [-0.3, -0.25) is 9.36 Å². The van der Waals surface area contributed by atoms with Crippen LogP contribution in [0.2, 0.25) is 10.0 Å². The Morgan fingerprint density at radius 3 is 2.60 bits per heavy atom. The van der Waals surface area contributed by atoms with Gasteiger partial charge in [0, 0.05) is 6.20 Å². The average Bonchev–Trinajstić information content (AvgIpc) is 3.17. The second-order valence-corrected chi connectivity index (χ2v) is 9.19. The highest BCUT2D eigenvalue weighted by Crippen LogP contribution is 2.35. The van der Waals surface area contributed by atoms with Crippen LogP contribution in [0.15, 0.2) is 58.0 Å². The predicted octanol–water partition coefficient (Wildman–Crippen LogP) is 4.12. The SMILES string of the molecule is CCOc1ccc([C@H]2C(C(=O)OC)=CN=c3s/c(=C/c4cccc(Cl)c4Cl)c(=O)n32)cc1OCC. The van der Waals surface area contributed by atoms with Crippen molar-refractivity contribution < 1.29 is 19.0 Å². The van der Waals surface area contributed by atoms with Crippen LogP contribution >= 0.6 is 34.5 Å². The minimum Gasteiger partial charge on any atom is -0.490 e. The number of carbonyl (C=O) groups is 1. The molecule has 0 aliphatic carbocycles. The number of fused-ring (bicyclic) bond motifs is 1. The molecule has 1 atom stereocenters. The average molecular weight is 533 g/mol. The first-order valence-corrected chi connectivity index (χ1v) is 12.4. The van der Waals surface area contributed by atoms with Gasteiger partial charge in [0.25, 0.3) is 5.56 Å². The van der Waals surface area contributed by atoms with E-state index in [0.29, 0.717) is 55.2 Å². The van der Waals surface area contributed by atoms with Crippen LogP contribution in [-0.2, 0) is 9.53 Å². The summed E-state index contributed by atoms with van der Waals surface area (Å²) in [6.07, 6.45) is 3.11. The monoisotopic (exact) mass is 532 g/mol. The molecular weight excluding hydrogens is 511 g/mol. The number of benzene rings is 2. The van der Waals surface area contributed by atoms with Crippen molar-refractivity contribution in [1.82, 2.24) is 4.57 Å². The van der Waals surface area contributed by atoms with Crippen molar-refractivity contribution in [3.05, 3.63) is 89.0 Å². The fraction of sp³-hybridized carbons (Fsp3) is 0.240. The van der Waals surface area contributed by atoms with E-state index < -0.39 is 12.0 Å². The minimum atomic E-state index is -0.773. The summed E-state index contributed by atoms with van der Waals surface area (Å²) in [6, 6.07) is 9.76. The molecular formula is C25H22Cl2N2O5S. The lowest BCUT2D eigenvalue weighted by Crippen LogP contribution is -2.39. The number of methoxy groups -OCH3 is 1. The third-order valence-corrected chi connectivity index (χ3v) is 7.11. The second kappa shape index (κ2) is 10.7. The second-order valence-electron chi connectivity index (χ2n) is 7.39. The van der Waals surface area contributed by atoms with Crippen LogP contribution in [-0.4, -0.2) is 30.9 Å². The summed E-state index contributed by atoms with van der Waals surface area (Å²) in [6.45, 7) is 4.64. The Morgan fingerprint density at radius 1 is 1.14 bits per heavy atom. The van der Waals surface area contributed by atoms with Gasteiger partial charge in [-0.15, -0.1) is 0 Å². The third-order valence-electron chi connectivity index (χ3n) is 5.28. The number of esters is 1. The normalized spacial score (nSPS) is 15.2. The summed E-state index contributed by atoms with van der Waals surface area (Å²) in [5, 5.41) is 0.733. The van der Waals surface area contributed by atoms with Crippen molar-refractivity contribution >= 4 is 46.6 Å². The molecule has 1 aliphatic heterocycles. The number of nitrogens with zero attached hydrogens (tertiary/aromatic N) is 2. The lowest BCUT2D eigenvalue weighted by molar-refractivity contribution is -0.136. The third kappa shape index (κ3) is 4.87. The molecule has 7 nitrogen and oxygen atoms in total. The van der Waals surface area contributed by atoms with E-state index in [0.717, 1.165) is 0 Å². The number of ether oxygens (including phenoxy) is 3. The number of hydrogen-bond donors (Lipinski definition) is 0. The van der Waals surface area contributed by atoms with Crippen molar-refractivity contribution in [2.75, 3.05) is 20.3 Å². The van der Waals surface area contributed by atoms with Gasteiger partial charge in [0.05, 0.1) is 46.5 Å². The first-order chi connectivity index (χ1) is 16.9. The van der Waals surface area contributed by atoms with Gasteiger partial charge in [0.1, 0.15) is 0 Å². The number of hydrogen-bond acceptors (Lipinski definition) is 7. The molecule has 0 unspecified atom stereocenters. The van der Waals surface area contributed by atoms with Crippen molar-refractivity contribution in [1.29, 1.82) is 0 Å². The Kier molecular flexibility index (Phi) is 7.64. The van der Waals surface area contributed by atoms with Crippen molar-refractivity contribution in [3.63, 3.8) is 0 Å². The van der Waals surface area contributed by atoms with Crippen LogP contribution in [0.25, 0.3) is 6.08 Å². The van der Waals surface area contributed by atoms with Gasteiger partial charge in [-0.2, -0.15) is 0 Å². The Hall–Kier alpha value is -3.07. The highest BCUT2D eigenvalue weighted by Gasteiger charge is 2.31. The van der Waals surface area contributed by atoms with E-state index in [2.05, 4.69) is 4.99 Å². The molecule has 0 bridgehead atoms. The topological polar surface area (TPSA) is 79.1 Å². The summed E-state index contributed by atoms with van der Waals surface area (Å²) >= 11 is 13.7. The molecule has 4 rings (SSSR count). The minimum absolute atomic E-state index is 0.221. The number of carbonyl (C=O) groups excluding carboxylic acids is 1. The number of aromatic nitrogens is 1. The van der Waals surface area contributed by atoms with E-state index in [1.165, 1.54) is 29.2 Å². The highest BCUT2D eigenvalue weighted by molar-refractivity contribution is 7.07. The lowest BCUT2D eigenvalue weighted by Gasteiger charge is -2.23. The molecule has 182 valence electrons. The molecule has 1 aliphatic rings. The zero-order valence-electron chi connectivity index (χ0n) is 19.2. The lowest BCUT2D eigenvalue weighted by atomic mass is 9.97. The summed E-state index contributed by atoms with van der Waals surface area (Å²) < 4.78 is 18.3. The maximum Gasteiger partial charge on any atom is 0.337 e. The molecule has 0 saturated carbocycles. The molecule has 0 N–H and O–H groups in total. The molecule has 0 fully saturated rings. The van der Waals surface area contributed by atoms with Crippen molar-refractivity contribution in [3.8, 4) is 11.5 Å². The molecule has 1 aromatic heterocycles. The van der Waals surface area contributed by atoms with Gasteiger partial charge in [0.2, 0.25) is 0 Å². The Morgan fingerprint density at radius 2 is 1.89 bits per heavy atom. The summed E-state index contributed by atoms with van der Waals surface area (Å²) in [4.78, 5) is 31.1. The molecule has 2 aromatic carbocycles. The smallest absolute Gasteiger partial charge is 0.337 e. The Labute approximate surface area is 215 Å². The quantitative estimate of drug-likeness (QED) is 0.427. The highest BCUT2D eigenvalue weighted by atomic mass is 35.5. The maximum absolute atomic E-state index is 13.6. The summed E-state index contributed by atoms with van der Waals surface area (Å²) in [5.41, 5.74) is 1.15. The van der Waals surface area contributed by atoms with E-state index in [-0.39, 0.29) is 11.1 Å². The van der Waals surface area contributed by atoms with Crippen LogP contribution < -0.4 is 24.4 Å². The van der Waals surface area contributed by atoms with Crippen LogP contribution in [0, 0.1) is 0 Å². The number of halogens is 2. The summed E-state index contributed by atoms with van der Waals surface area (Å²) in [5.74, 6) is 0.503. The van der Waals surface area contributed by atoms with Crippen LogP contribution in [0.1, 0.15) is 31.0 Å². The first kappa shape index (κ1) is 25.0. The molecule has 0 amide bonds. The van der Waals surface area contributed by atoms with E-state index in [9.17, 15) is 9.59 Å². The molecule has 35 heavy (non-hydrogen) atoms. The van der Waals surface area contributed by atoms with Crippen LogP contribution in [0.4, 0.5) is 0 Å². The fourth-order valence-corrected chi connectivity index (χ4v) is 5.08. The van der Waals surface area contributed by atoms with Gasteiger partial charge in [0.15, 0.2) is 16.3 Å². The van der Waals surface area contributed by atoms with Gasteiger partial charge < -0.3 is 14.2 Å². The van der Waals surface area contributed by atoms with Gasteiger partial charge in [-0.25, -0.2) is 9.79 Å². The van der Waals surface area contributed by atoms with Crippen molar-refractivity contribution in [2.45, 2.75) is 19.9 Å². The van der Waals surface area contributed by atoms with Crippen LogP contribution in [0.3, 0.4) is 0 Å². The number of thiazole rings is 1. The van der Waals surface area contributed by atoms with Crippen LogP contribution in [0.5, 0.6) is 11.5 Å². The Balaban J connectivity index is 1.93. The molecule has 2 heterocycles. The van der Waals surface area contributed by atoms with Gasteiger partial charge >= 0.3 is 5.97 Å². The largest absolute Gasteiger partial charge is 0.490 e. The van der Waals surface area contributed by atoms with Crippen molar-refractivity contribution in [2.24, 2.45) is 4.99 Å². The Bertz CT molecular complexity index is 1490. The fourth-order valence-electron chi connectivity index (χ4n) is 3.76. The van der Waals surface area contributed by atoms with Gasteiger partial charge in [-0.05, 0) is 49.2 Å². The first-order valence-electron chi connectivity index (χ1n) is 10.8. The molecule has 10 heteroatoms. The molecule has 0 saturated heterocycles. The zero-order valence-corrected chi connectivity index (χ0v) is 21.5. The van der Waals surface area contributed by atoms with E-state index >= 15 is 0 Å². The maximum atomic E-state index is 13.6. The van der Waals surface area contributed by atoms with E-state index in [1.54, 1.807) is 42.5 Å². The predicted molar refractivity (Wildman–Crippen MR) is 136 cm³/mol. The van der Waals surface area contributed by atoms with Gasteiger partial charge in [-0.1, -0.05) is 52.7 Å². The standard InChI is InChI=1S/C25H22Cl2N2O5S/c1-4-33-18-10-9-15(11-19(18)34-5-2)22-16(24(31)32-3)13-28-25-29(22)23(30)20(35-25)12-14-7-6-8-17(26)21(14)27/h6-13,22H,4-5H2,1-3H3/b20-12+/t22-/m0/s1. The van der Waals surface area contributed by atoms with E-state index in [4.69, 9.17) is 37.4 Å². The molecule has 3 aromatic rings.